The van der Waals surface area contributed by atoms with Crippen LogP contribution in [-0.4, -0.2) is 34.4 Å². The van der Waals surface area contributed by atoms with Crippen LogP contribution in [-0.2, 0) is 9.53 Å². The highest BCUT2D eigenvalue weighted by Crippen LogP contribution is 2.21. The van der Waals surface area contributed by atoms with Crippen LogP contribution in [0, 0.1) is 6.92 Å². The third kappa shape index (κ3) is 2.47. The molecule has 6 nitrogen and oxygen atoms in total. The molecule has 0 spiro atoms. The number of hydrogen-bond acceptors (Lipinski definition) is 6. The Morgan fingerprint density at radius 3 is 2.69 bits per heavy atom. The van der Waals surface area contributed by atoms with Crippen LogP contribution in [0.4, 0.5) is 5.82 Å². The van der Waals surface area contributed by atoms with Gasteiger partial charge in [0.2, 0.25) is 0 Å². The number of rotatable bonds is 3. The second-order valence-electron chi connectivity index (χ2n) is 3.38. The third-order valence-corrected chi connectivity index (χ3v) is 2.23. The Morgan fingerprint density at radius 2 is 2.19 bits per heavy atom. The Morgan fingerprint density at radius 1 is 1.56 bits per heavy atom. The molecule has 2 atom stereocenters. The van der Waals surface area contributed by atoms with Crippen molar-refractivity contribution < 1.29 is 19.7 Å². The first-order chi connectivity index (χ1) is 7.47. The molecule has 2 unspecified atom stereocenters. The van der Waals surface area contributed by atoms with Crippen molar-refractivity contribution in [3.8, 4) is 0 Å². The predicted molar refractivity (Wildman–Crippen MR) is 56.4 cm³/mol. The molecule has 4 N–H and O–H groups in total. The van der Waals surface area contributed by atoms with Crippen LogP contribution in [0.15, 0.2) is 12.3 Å². The van der Waals surface area contributed by atoms with Gasteiger partial charge in [0.25, 0.3) is 0 Å². The molecule has 16 heavy (non-hydrogen) atoms. The molecule has 0 bridgehead atoms. The summed E-state index contributed by atoms with van der Waals surface area (Å²) in [6.07, 6.45) is -1.68. The average Bonchev–Trinajstić information content (AvgIpc) is 2.26. The average molecular weight is 226 g/mol. The van der Waals surface area contributed by atoms with Gasteiger partial charge in [0.15, 0.2) is 6.10 Å². The van der Waals surface area contributed by atoms with Gasteiger partial charge < -0.3 is 20.7 Å². The lowest BCUT2D eigenvalue weighted by atomic mass is 10.0. The van der Waals surface area contributed by atoms with Gasteiger partial charge >= 0.3 is 5.97 Å². The number of anilines is 1. The lowest BCUT2D eigenvalue weighted by Crippen LogP contribution is -2.29. The quantitative estimate of drug-likeness (QED) is 0.602. The molecule has 0 aliphatic rings. The summed E-state index contributed by atoms with van der Waals surface area (Å²) in [5, 5.41) is 19.2. The Labute approximate surface area is 92.7 Å². The van der Waals surface area contributed by atoms with Crippen LogP contribution in [0.5, 0.6) is 0 Å². The molecular formula is C10H14N2O4. The van der Waals surface area contributed by atoms with E-state index >= 15 is 0 Å². The number of nitrogens with two attached hydrogens (primary N) is 1. The number of nitrogens with zero attached hydrogens (tertiary/aromatic N) is 1. The zero-order chi connectivity index (χ0) is 12.3. The van der Waals surface area contributed by atoms with E-state index < -0.39 is 18.2 Å². The second-order valence-corrected chi connectivity index (χ2v) is 3.38. The Kier molecular flexibility index (Phi) is 3.81. The molecule has 1 heterocycles. The van der Waals surface area contributed by atoms with E-state index in [0.29, 0.717) is 16.9 Å². The van der Waals surface area contributed by atoms with Crippen molar-refractivity contribution in [2.24, 2.45) is 0 Å². The highest BCUT2D eigenvalue weighted by molar-refractivity contribution is 5.75. The number of carbonyl (C=O) groups excluding carboxylic acids is 1. The summed E-state index contributed by atoms with van der Waals surface area (Å²) in [6, 6.07) is 1.54. The summed E-state index contributed by atoms with van der Waals surface area (Å²) in [6.45, 7) is 1.70. The zero-order valence-corrected chi connectivity index (χ0v) is 9.04. The number of aromatic nitrogens is 1. The first kappa shape index (κ1) is 12.4. The van der Waals surface area contributed by atoms with E-state index in [1.165, 1.54) is 6.20 Å². The van der Waals surface area contributed by atoms with Gasteiger partial charge in [-0.3, -0.25) is 0 Å². The van der Waals surface area contributed by atoms with Gasteiger partial charge in [-0.15, -0.1) is 0 Å². The number of ether oxygens (including phenoxy) is 1. The lowest BCUT2D eigenvalue weighted by Gasteiger charge is -2.17. The maximum absolute atomic E-state index is 11.0. The predicted octanol–water partition coefficient (Wildman–Crippen LogP) is -0.460. The zero-order valence-electron chi connectivity index (χ0n) is 9.04. The molecule has 0 amide bonds. The van der Waals surface area contributed by atoms with Crippen molar-refractivity contribution in [2.45, 2.75) is 19.1 Å². The van der Waals surface area contributed by atoms with Gasteiger partial charge in [-0.05, 0) is 18.6 Å². The number of pyridine rings is 1. The molecule has 0 aromatic carbocycles. The van der Waals surface area contributed by atoms with Crippen LogP contribution in [0.3, 0.4) is 0 Å². The van der Waals surface area contributed by atoms with Gasteiger partial charge in [0.1, 0.15) is 11.9 Å². The van der Waals surface area contributed by atoms with Crippen molar-refractivity contribution in [1.82, 2.24) is 4.98 Å². The maximum Gasteiger partial charge on any atom is 0.337 e. The minimum absolute atomic E-state index is 0.306. The number of carbonyl (C=O) groups is 1. The maximum atomic E-state index is 11.0. The number of nitrogen functional groups attached to an aromatic ring is 1. The largest absolute Gasteiger partial charge is 0.467 e. The molecule has 1 aromatic rings. The van der Waals surface area contributed by atoms with Crippen LogP contribution in [0.25, 0.3) is 0 Å². The Balaban J connectivity index is 2.96. The minimum atomic E-state index is -1.63. The minimum Gasteiger partial charge on any atom is -0.467 e. The van der Waals surface area contributed by atoms with Gasteiger partial charge in [-0.25, -0.2) is 9.78 Å². The van der Waals surface area contributed by atoms with Crippen LogP contribution >= 0.6 is 0 Å². The van der Waals surface area contributed by atoms with E-state index in [1.807, 2.05) is 0 Å². The first-order valence-electron chi connectivity index (χ1n) is 4.63. The van der Waals surface area contributed by atoms with E-state index in [9.17, 15) is 15.0 Å². The van der Waals surface area contributed by atoms with Crippen molar-refractivity contribution >= 4 is 11.8 Å². The number of esters is 1. The standard InChI is InChI=1S/C10H14N2O4/c1-5-3-7(11)12-4-6(5)8(13)9(14)10(15)16-2/h3-4,8-9,13-14H,1-2H3,(H2,11,12). The molecule has 0 radical (unpaired) electrons. The molecule has 0 saturated heterocycles. The SMILES string of the molecule is COC(=O)C(O)C(O)c1cnc(N)cc1C. The van der Waals surface area contributed by atoms with Crippen molar-refractivity contribution in [2.75, 3.05) is 12.8 Å². The molecule has 0 aliphatic carbocycles. The van der Waals surface area contributed by atoms with Gasteiger partial charge in [0.05, 0.1) is 7.11 Å². The van der Waals surface area contributed by atoms with E-state index in [4.69, 9.17) is 5.73 Å². The summed E-state index contributed by atoms with van der Waals surface area (Å²) >= 11 is 0. The Bertz CT molecular complexity index is 394. The summed E-state index contributed by atoms with van der Waals surface area (Å²) in [5.41, 5.74) is 6.42. The fourth-order valence-corrected chi connectivity index (χ4v) is 1.32. The number of methoxy groups -OCH3 is 1. The van der Waals surface area contributed by atoms with E-state index in [0.717, 1.165) is 7.11 Å². The number of aliphatic hydroxyl groups excluding tert-OH is 2. The highest BCUT2D eigenvalue weighted by Gasteiger charge is 2.27. The van der Waals surface area contributed by atoms with Crippen LogP contribution in [0.1, 0.15) is 17.2 Å². The second kappa shape index (κ2) is 4.91. The number of aliphatic hydroxyl groups is 2. The monoisotopic (exact) mass is 226 g/mol. The fraction of sp³-hybridized carbons (Fsp3) is 0.400. The summed E-state index contributed by atoms with van der Waals surface area (Å²) < 4.78 is 4.32. The van der Waals surface area contributed by atoms with Gasteiger partial charge in [0, 0.05) is 11.8 Å². The van der Waals surface area contributed by atoms with Gasteiger partial charge in [-0.2, -0.15) is 0 Å². The third-order valence-electron chi connectivity index (χ3n) is 2.23. The van der Waals surface area contributed by atoms with E-state index in [-0.39, 0.29) is 0 Å². The summed E-state index contributed by atoms with van der Waals surface area (Å²) in [5.74, 6) is -0.593. The molecule has 0 saturated carbocycles. The molecule has 1 aromatic heterocycles. The number of aryl methyl sites for hydroxylation is 1. The van der Waals surface area contributed by atoms with Gasteiger partial charge in [-0.1, -0.05) is 0 Å². The topological polar surface area (TPSA) is 106 Å². The molecule has 0 fully saturated rings. The highest BCUT2D eigenvalue weighted by atomic mass is 16.5. The lowest BCUT2D eigenvalue weighted by molar-refractivity contribution is -0.156. The van der Waals surface area contributed by atoms with E-state index in [1.54, 1.807) is 13.0 Å². The smallest absolute Gasteiger partial charge is 0.337 e. The molecule has 6 heteroatoms. The van der Waals surface area contributed by atoms with Crippen molar-refractivity contribution in [1.29, 1.82) is 0 Å². The molecule has 0 aliphatic heterocycles. The van der Waals surface area contributed by atoms with Crippen molar-refractivity contribution in [3.63, 3.8) is 0 Å². The van der Waals surface area contributed by atoms with Crippen molar-refractivity contribution in [3.05, 3.63) is 23.4 Å². The molecule has 88 valence electrons. The fourth-order valence-electron chi connectivity index (χ4n) is 1.32. The normalized spacial score (nSPS) is 14.2. The molecule has 1 rings (SSSR count). The Hall–Kier alpha value is -1.66. The van der Waals surface area contributed by atoms with E-state index in [2.05, 4.69) is 9.72 Å². The summed E-state index contributed by atoms with van der Waals surface area (Å²) in [7, 11) is 1.13. The summed E-state index contributed by atoms with van der Waals surface area (Å²) in [4.78, 5) is 14.8. The van der Waals surface area contributed by atoms with Crippen LogP contribution < -0.4 is 5.73 Å². The first-order valence-corrected chi connectivity index (χ1v) is 4.63. The molecular weight excluding hydrogens is 212 g/mol. The number of hydrogen-bond donors (Lipinski definition) is 3. The van der Waals surface area contributed by atoms with Crippen LogP contribution in [0.2, 0.25) is 0 Å².